The molecule has 136 valence electrons. The largest absolute Gasteiger partial charge is 0.462 e. The van der Waals surface area contributed by atoms with E-state index in [1.807, 2.05) is 12.1 Å². The van der Waals surface area contributed by atoms with Gasteiger partial charge in [-0.05, 0) is 49.8 Å². The molecule has 3 aliphatic rings. The number of rotatable bonds is 3. The summed E-state index contributed by atoms with van der Waals surface area (Å²) in [5.74, 6) is -0.242. The third kappa shape index (κ3) is 2.91. The van der Waals surface area contributed by atoms with Crippen LogP contribution in [0.1, 0.15) is 48.9 Å². The van der Waals surface area contributed by atoms with E-state index < -0.39 is 5.41 Å². The van der Waals surface area contributed by atoms with Gasteiger partial charge in [-0.2, -0.15) is 0 Å². The molecule has 4 nitrogen and oxygen atoms in total. The van der Waals surface area contributed by atoms with Crippen LogP contribution in [-0.4, -0.2) is 24.1 Å². The van der Waals surface area contributed by atoms with E-state index in [0.29, 0.717) is 12.0 Å². The fourth-order valence-electron chi connectivity index (χ4n) is 5.04. The Kier molecular flexibility index (Phi) is 4.51. The lowest BCUT2D eigenvalue weighted by Gasteiger charge is -2.31. The van der Waals surface area contributed by atoms with Crippen LogP contribution in [0, 0.1) is 23.2 Å². The van der Waals surface area contributed by atoms with Crippen molar-refractivity contribution in [2.24, 2.45) is 23.2 Å². The van der Waals surface area contributed by atoms with Crippen LogP contribution in [0.4, 0.5) is 0 Å². The molecule has 0 saturated heterocycles. The number of carbonyl (C=O) groups is 3. The number of hydrogen-bond donors (Lipinski definition) is 0. The Hall–Kier alpha value is -2.23. The highest BCUT2D eigenvalue weighted by atomic mass is 16.5. The van der Waals surface area contributed by atoms with Crippen LogP contribution in [0.3, 0.4) is 0 Å². The summed E-state index contributed by atoms with van der Waals surface area (Å²) in [7, 11) is 0. The second-order valence-electron chi connectivity index (χ2n) is 7.94. The van der Waals surface area contributed by atoms with E-state index in [4.69, 9.17) is 4.74 Å². The number of hydrogen-bond acceptors (Lipinski definition) is 4. The van der Waals surface area contributed by atoms with Gasteiger partial charge in [0.25, 0.3) is 0 Å². The molecular formula is C22H24O4. The van der Waals surface area contributed by atoms with Crippen molar-refractivity contribution < 1.29 is 19.1 Å². The molecule has 0 N–H and O–H groups in total. The number of benzene rings is 1. The summed E-state index contributed by atoms with van der Waals surface area (Å²) in [5.41, 5.74) is -0.0565. The molecule has 1 aromatic rings. The van der Waals surface area contributed by atoms with E-state index in [-0.39, 0.29) is 41.9 Å². The van der Waals surface area contributed by atoms with Crippen molar-refractivity contribution in [3.63, 3.8) is 0 Å². The van der Waals surface area contributed by atoms with Gasteiger partial charge >= 0.3 is 5.97 Å². The van der Waals surface area contributed by atoms with Crippen LogP contribution in [0.15, 0.2) is 42.5 Å². The fourth-order valence-corrected chi connectivity index (χ4v) is 5.04. The second-order valence-corrected chi connectivity index (χ2v) is 7.94. The summed E-state index contributed by atoms with van der Waals surface area (Å²) in [6.45, 7) is 0.275. The van der Waals surface area contributed by atoms with Crippen LogP contribution < -0.4 is 0 Å². The maximum atomic E-state index is 13.2. The third-order valence-corrected chi connectivity index (χ3v) is 6.38. The van der Waals surface area contributed by atoms with Crippen LogP contribution >= 0.6 is 0 Å². The van der Waals surface area contributed by atoms with Gasteiger partial charge in [0.15, 0.2) is 5.78 Å². The van der Waals surface area contributed by atoms with Crippen LogP contribution in [0.5, 0.6) is 0 Å². The summed E-state index contributed by atoms with van der Waals surface area (Å²) < 4.78 is 5.54. The molecule has 26 heavy (non-hydrogen) atoms. The number of Topliss-reactive ketones (excluding diaryl/α,β-unsaturated/α-hetero) is 1. The van der Waals surface area contributed by atoms with Crippen molar-refractivity contribution in [1.29, 1.82) is 0 Å². The minimum atomic E-state index is -0.587. The first-order chi connectivity index (χ1) is 12.6. The van der Waals surface area contributed by atoms with Crippen LogP contribution in [-0.2, 0) is 14.3 Å². The van der Waals surface area contributed by atoms with E-state index in [0.717, 1.165) is 32.1 Å². The molecule has 2 bridgehead atoms. The smallest absolute Gasteiger partial charge is 0.338 e. The molecule has 0 amide bonds. The van der Waals surface area contributed by atoms with Gasteiger partial charge in [0.1, 0.15) is 5.78 Å². The number of carbonyl (C=O) groups excluding carboxylic acids is 3. The summed E-state index contributed by atoms with van der Waals surface area (Å²) in [5, 5.41) is 0. The molecule has 0 heterocycles. The van der Waals surface area contributed by atoms with Crippen molar-refractivity contribution >= 4 is 17.5 Å². The molecule has 0 aromatic heterocycles. The number of fused-ring (bicyclic) bond motifs is 1. The van der Waals surface area contributed by atoms with Gasteiger partial charge in [0.2, 0.25) is 0 Å². The SMILES string of the molecule is O=C(OC[C@H]1C[C@H]2CCCC[C@@]3(C=CC(=O)[C@H]3C1)C2=O)c1ccccc1. The minimum absolute atomic E-state index is 0.0153. The Morgan fingerprint density at radius 2 is 1.92 bits per heavy atom. The van der Waals surface area contributed by atoms with Gasteiger partial charge in [-0.15, -0.1) is 0 Å². The lowest BCUT2D eigenvalue weighted by Crippen LogP contribution is -2.38. The molecule has 0 aliphatic heterocycles. The monoisotopic (exact) mass is 352 g/mol. The average molecular weight is 352 g/mol. The minimum Gasteiger partial charge on any atom is -0.462 e. The highest BCUT2D eigenvalue weighted by molar-refractivity contribution is 6.04. The zero-order chi connectivity index (χ0) is 18.1. The zero-order valence-electron chi connectivity index (χ0n) is 14.9. The van der Waals surface area contributed by atoms with Crippen LogP contribution in [0.2, 0.25) is 0 Å². The Morgan fingerprint density at radius 1 is 1.12 bits per heavy atom. The molecule has 2 saturated carbocycles. The number of esters is 1. The quantitative estimate of drug-likeness (QED) is 0.777. The highest BCUT2D eigenvalue weighted by Crippen LogP contribution is 2.52. The molecule has 0 radical (unpaired) electrons. The van der Waals surface area contributed by atoms with E-state index in [9.17, 15) is 14.4 Å². The standard InChI is InChI=1S/C22H24O4/c23-19-9-11-22-10-5-4-8-17(20(22)24)12-15(13-18(19)22)14-26-21(25)16-6-2-1-3-7-16/h1-3,6-7,9,11,15,17-18H,4-5,8,10,12-14H2/t15-,17+,18+,22-/m0/s1. The maximum Gasteiger partial charge on any atom is 0.338 e. The predicted octanol–water partition coefficient (Wildman–Crippen LogP) is 3.75. The topological polar surface area (TPSA) is 60.4 Å². The predicted molar refractivity (Wildman–Crippen MR) is 96.5 cm³/mol. The van der Waals surface area contributed by atoms with Crippen molar-refractivity contribution in [2.45, 2.75) is 38.5 Å². The van der Waals surface area contributed by atoms with E-state index in [1.54, 1.807) is 30.3 Å². The third-order valence-electron chi connectivity index (χ3n) is 6.38. The molecule has 1 aromatic carbocycles. The number of allylic oxidation sites excluding steroid dienone is 2. The van der Waals surface area contributed by atoms with Crippen molar-refractivity contribution in [1.82, 2.24) is 0 Å². The lowest BCUT2D eigenvalue weighted by molar-refractivity contribution is -0.135. The second kappa shape index (κ2) is 6.82. The van der Waals surface area contributed by atoms with Gasteiger partial charge in [-0.3, -0.25) is 9.59 Å². The first-order valence-electron chi connectivity index (χ1n) is 9.60. The van der Waals surface area contributed by atoms with Gasteiger partial charge in [-0.1, -0.05) is 37.1 Å². The first kappa shape index (κ1) is 17.2. The van der Waals surface area contributed by atoms with Gasteiger partial charge in [0.05, 0.1) is 17.6 Å². The molecule has 4 atom stereocenters. The van der Waals surface area contributed by atoms with E-state index in [2.05, 4.69) is 0 Å². The summed E-state index contributed by atoms with van der Waals surface area (Å²) in [6.07, 6.45) is 8.57. The lowest BCUT2D eigenvalue weighted by atomic mass is 9.69. The number of ketones is 2. The molecule has 3 aliphatic carbocycles. The van der Waals surface area contributed by atoms with Crippen molar-refractivity contribution in [3.05, 3.63) is 48.0 Å². The maximum absolute atomic E-state index is 13.2. The Bertz CT molecular complexity index is 751. The fraction of sp³-hybridized carbons (Fsp3) is 0.500. The van der Waals surface area contributed by atoms with E-state index >= 15 is 0 Å². The normalized spacial score (nSPS) is 33.3. The molecule has 4 rings (SSSR count). The summed E-state index contributed by atoms with van der Waals surface area (Å²) >= 11 is 0. The Balaban J connectivity index is 1.51. The molecule has 4 heteroatoms. The summed E-state index contributed by atoms with van der Waals surface area (Å²) in [6, 6.07) is 8.93. The highest BCUT2D eigenvalue weighted by Gasteiger charge is 2.54. The average Bonchev–Trinajstić information content (AvgIpc) is 2.82. The van der Waals surface area contributed by atoms with Crippen LogP contribution in [0.25, 0.3) is 0 Å². The van der Waals surface area contributed by atoms with Crippen molar-refractivity contribution in [3.8, 4) is 0 Å². The van der Waals surface area contributed by atoms with Gasteiger partial charge in [0, 0.05) is 11.8 Å². The molecule has 1 spiro atoms. The molecular weight excluding hydrogens is 328 g/mol. The zero-order valence-corrected chi connectivity index (χ0v) is 14.9. The number of ether oxygens (including phenoxy) is 1. The summed E-state index contributed by atoms with van der Waals surface area (Å²) in [4.78, 5) is 37.9. The van der Waals surface area contributed by atoms with Crippen molar-refractivity contribution in [2.75, 3.05) is 6.61 Å². The van der Waals surface area contributed by atoms with Gasteiger partial charge in [-0.25, -0.2) is 4.79 Å². The molecule has 0 unspecified atom stereocenters. The Morgan fingerprint density at radius 3 is 2.73 bits per heavy atom. The van der Waals surface area contributed by atoms with E-state index in [1.165, 1.54) is 0 Å². The van der Waals surface area contributed by atoms with Gasteiger partial charge < -0.3 is 4.74 Å². The molecule has 2 fully saturated rings. The first-order valence-corrected chi connectivity index (χ1v) is 9.60. The Labute approximate surface area is 153 Å².